The van der Waals surface area contributed by atoms with Gasteiger partial charge < -0.3 is 15.0 Å². The van der Waals surface area contributed by atoms with Gasteiger partial charge in [-0.3, -0.25) is 14.6 Å². The van der Waals surface area contributed by atoms with E-state index >= 15 is 0 Å². The van der Waals surface area contributed by atoms with E-state index in [1.807, 2.05) is 48.5 Å². The van der Waals surface area contributed by atoms with Crippen molar-refractivity contribution in [3.63, 3.8) is 0 Å². The number of carbonyl (C=O) groups is 2. The van der Waals surface area contributed by atoms with Crippen LogP contribution in [0.1, 0.15) is 18.2 Å². The van der Waals surface area contributed by atoms with E-state index in [4.69, 9.17) is 4.74 Å². The van der Waals surface area contributed by atoms with Crippen LogP contribution < -0.4 is 10.1 Å². The van der Waals surface area contributed by atoms with Crippen LogP contribution in [0.2, 0.25) is 0 Å². The van der Waals surface area contributed by atoms with Crippen LogP contribution in [0.25, 0.3) is 0 Å². The lowest BCUT2D eigenvalue weighted by Crippen LogP contribution is -2.36. The molecule has 0 fully saturated rings. The molecule has 29 heavy (non-hydrogen) atoms. The zero-order valence-electron chi connectivity index (χ0n) is 16.2. The lowest BCUT2D eigenvalue weighted by Gasteiger charge is -2.20. The van der Waals surface area contributed by atoms with Crippen LogP contribution in [-0.2, 0) is 22.7 Å². The first-order chi connectivity index (χ1) is 14.1. The van der Waals surface area contributed by atoms with E-state index in [-0.39, 0.29) is 24.9 Å². The maximum Gasteiger partial charge on any atom is 0.244 e. The summed E-state index contributed by atoms with van der Waals surface area (Å²) in [6, 6.07) is 22.5. The van der Waals surface area contributed by atoms with E-state index in [0.29, 0.717) is 18.0 Å². The predicted molar refractivity (Wildman–Crippen MR) is 111 cm³/mol. The number of pyridine rings is 1. The number of hydrogen-bond donors (Lipinski definition) is 1. The minimum atomic E-state index is -0.269. The van der Waals surface area contributed by atoms with E-state index in [2.05, 4.69) is 10.3 Å². The maximum absolute atomic E-state index is 12.4. The smallest absolute Gasteiger partial charge is 0.244 e. The van der Waals surface area contributed by atoms with Gasteiger partial charge in [0, 0.05) is 18.8 Å². The number of amides is 2. The van der Waals surface area contributed by atoms with E-state index in [0.717, 1.165) is 11.3 Å². The number of aromatic nitrogens is 1. The summed E-state index contributed by atoms with van der Waals surface area (Å²) in [5.41, 5.74) is 2.46. The summed E-state index contributed by atoms with van der Waals surface area (Å²) in [5, 5.41) is 2.81. The fourth-order valence-corrected chi connectivity index (χ4v) is 2.72. The third-order valence-electron chi connectivity index (χ3n) is 4.25. The average Bonchev–Trinajstić information content (AvgIpc) is 2.74. The molecule has 0 unspecified atom stereocenters. The van der Waals surface area contributed by atoms with E-state index in [1.54, 1.807) is 30.5 Å². The topological polar surface area (TPSA) is 71.5 Å². The van der Waals surface area contributed by atoms with Gasteiger partial charge in [0.25, 0.3) is 0 Å². The molecule has 0 saturated heterocycles. The molecule has 148 valence electrons. The van der Waals surface area contributed by atoms with Crippen molar-refractivity contribution >= 4 is 17.5 Å². The summed E-state index contributed by atoms with van der Waals surface area (Å²) < 4.78 is 5.74. The molecule has 6 nitrogen and oxygen atoms in total. The van der Waals surface area contributed by atoms with Crippen molar-refractivity contribution in [2.45, 2.75) is 20.1 Å². The van der Waals surface area contributed by atoms with Crippen LogP contribution in [0.15, 0.2) is 79.0 Å². The molecular weight excluding hydrogens is 366 g/mol. The standard InChI is InChI=1S/C23H23N3O3/c1-18(27)26(15-21-9-5-6-14-24-21)16-23(28)25-20-10-12-22(13-11-20)29-17-19-7-3-2-4-8-19/h2-14H,15-17H2,1H3,(H,25,28). The molecule has 0 aliphatic carbocycles. The molecule has 2 aromatic carbocycles. The van der Waals surface area contributed by atoms with Crippen molar-refractivity contribution < 1.29 is 14.3 Å². The molecule has 3 rings (SSSR count). The summed E-state index contributed by atoms with van der Waals surface area (Å²) >= 11 is 0. The number of nitrogens with one attached hydrogen (secondary N) is 1. The van der Waals surface area contributed by atoms with Crippen LogP contribution in [0.4, 0.5) is 5.69 Å². The summed E-state index contributed by atoms with van der Waals surface area (Å²) in [6.45, 7) is 2.16. The Morgan fingerprint density at radius 1 is 0.966 bits per heavy atom. The highest BCUT2D eigenvalue weighted by molar-refractivity contribution is 5.94. The second-order valence-electron chi connectivity index (χ2n) is 6.54. The Kier molecular flexibility index (Phi) is 6.95. The third-order valence-corrected chi connectivity index (χ3v) is 4.25. The number of nitrogens with zero attached hydrogens (tertiary/aromatic N) is 2. The summed E-state index contributed by atoms with van der Waals surface area (Å²) in [5.74, 6) is 0.261. The van der Waals surface area contributed by atoms with Gasteiger partial charge in [-0.2, -0.15) is 0 Å². The van der Waals surface area contributed by atoms with Crippen LogP contribution >= 0.6 is 0 Å². The molecule has 1 aromatic heterocycles. The molecule has 0 saturated carbocycles. The van der Waals surface area contributed by atoms with Gasteiger partial charge in [-0.15, -0.1) is 0 Å². The SMILES string of the molecule is CC(=O)N(CC(=O)Nc1ccc(OCc2ccccc2)cc1)Cc1ccccn1. The highest BCUT2D eigenvalue weighted by Gasteiger charge is 2.15. The Hall–Kier alpha value is -3.67. The molecule has 0 bridgehead atoms. The minimum absolute atomic E-state index is 0.0435. The van der Waals surface area contributed by atoms with Gasteiger partial charge in [0.15, 0.2) is 0 Å². The number of rotatable bonds is 8. The predicted octanol–water partition coefficient (Wildman–Crippen LogP) is 3.65. The van der Waals surface area contributed by atoms with Gasteiger partial charge in [0.05, 0.1) is 12.2 Å². The Bertz CT molecular complexity index is 929. The molecule has 0 spiro atoms. The van der Waals surface area contributed by atoms with Crippen LogP contribution in [0, 0.1) is 0 Å². The van der Waals surface area contributed by atoms with E-state index in [1.165, 1.54) is 11.8 Å². The Labute approximate surface area is 170 Å². The van der Waals surface area contributed by atoms with Crippen molar-refractivity contribution in [2.75, 3.05) is 11.9 Å². The first-order valence-electron chi connectivity index (χ1n) is 9.32. The van der Waals surface area contributed by atoms with E-state index < -0.39 is 0 Å². The van der Waals surface area contributed by atoms with Crippen LogP contribution in [0.5, 0.6) is 5.75 Å². The zero-order valence-corrected chi connectivity index (χ0v) is 16.2. The zero-order chi connectivity index (χ0) is 20.5. The van der Waals surface area contributed by atoms with Crippen LogP contribution in [0.3, 0.4) is 0 Å². The maximum atomic E-state index is 12.4. The second kappa shape index (κ2) is 10.0. The van der Waals surface area contributed by atoms with Crippen molar-refractivity contribution in [3.8, 4) is 5.75 Å². The van der Waals surface area contributed by atoms with Crippen molar-refractivity contribution in [2.24, 2.45) is 0 Å². The number of anilines is 1. The lowest BCUT2D eigenvalue weighted by atomic mass is 10.2. The number of hydrogen-bond acceptors (Lipinski definition) is 4. The third kappa shape index (κ3) is 6.46. The van der Waals surface area contributed by atoms with Gasteiger partial charge in [-0.1, -0.05) is 36.4 Å². The Morgan fingerprint density at radius 2 is 1.69 bits per heavy atom. The minimum Gasteiger partial charge on any atom is -0.489 e. The Balaban J connectivity index is 1.52. The summed E-state index contributed by atoms with van der Waals surface area (Å²) in [7, 11) is 0. The van der Waals surface area contributed by atoms with Gasteiger partial charge in [0.2, 0.25) is 11.8 Å². The van der Waals surface area contributed by atoms with Crippen molar-refractivity contribution in [1.82, 2.24) is 9.88 Å². The summed E-state index contributed by atoms with van der Waals surface area (Å²) in [6.07, 6.45) is 1.66. The van der Waals surface area contributed by atoms with Crippen LogP contribution in [-0.4, -0.2) is 28.2 Å². The molecule has 3 aromatic rings. The lowest BCUT2D eigenvalue weighted by molar-refractivity contribution is -0.133. The van der Waals surface area contributed by atoms with Gasteiger partial charge >= 0.3 is 0 Å². The molecular formula is C23H23N3O3. The average molecular weight is 389 g/mol. The molecule has 1 heterocycles. The monoisotopic (exact) mass is 389 g/mol. The molecule has 1 N–H and O–H groups in total. The van der Waals surface area contributed by atoms with Gasteiger partial charge in [-0.05, 0) is 42.0 Å². The van der Waals surface area contributed by atoms with Crippen molar-refractivity contribution in [1.29, 1.82) is 0 Å². The summed E-state index contributed by atoms with van der Waals surface area (Å²) in [4.78, 5) is 29.9. The Morgan fingerprint density at radius 3 is 2.34 bits per heavy atom. The van der Waals surface area contributed by atoms with Gasteiger partial charge in [-0.25, -0.2) is 0 Å². The van der Waals surface area contributed by atoms with Gasteiger partial charge in [0.1, 0.15) is 18.9 Å². The quantitative estimate of drug-likeness (QED) is 0.638. The molecule has 0 aliphatic rings. The number of ether oxygens (including phenoxy) is 1. The molecule has 0 atom stereocenters. The molecule has 6 heteroatoms. The largest absolute Gasteiger partial charge is 0.489 e. The first kappa shape index (κ1) is 20.1. The normalized spacial score (nSPS) is 10.2. The second-order valence-corrected chi connectivity index (χ2v) is 6.54. The molecule has 0 aliphatic heterocycles. The number of carbonyl (C=O) groups excluding carboxylic acids is 2. The fraction of sp³-hybridized carbons (Fsp3) is 0.174. The van der Waals surface area contributed by atoms with Crippen molar-refractivity contribution in [3.05, 3.63) is 90.3 Å². The highest BCUT2D eigenvalue weighted by Crippen LogP contribution is 2.17. The number of benzene rings is 2. The fourth-order valence-electron chi connectivity index (χ4n) is 2.72. The molecule has 2 amide bonds. The highest BCUT2D eigenvalue weighted by atomic mass is 16.5. The molecule has 0 radical (unpaired) electrons. The van der Waals surface area contributed by atoms with E-state index in [9.17, 15) is 9.59 Å². The first-order valence-corrected chi connectivity index (χ1v) is 9.32.